The van der Waals surface area contributed by atoms with Crippen molar-refractivity contribution in [3.05, 3.63) is 82.0 Å². The average Bonchev–Trinajstić information content (AvgIpc) is 2.91. The number of hydrogen-bond acceptors (Lipinski definition) is 1. The first-order valence-corrected chi connectivity index (χ1v) is 9.01. The van der Waals surface area contributed by atoms with Gasteiger partial charge in [0, 0.05) is 10.0 Å². The average molecular weight is 384 g/mol. The van der Waals surface area contributed by atoms with E-state index in [2.05, 4.69) is 73.1 Å². The van der Waals surface area contributed by atoms with E-state index in [1.54, 1.807) is 0 Å². The van der Waals surface area contributed by atoms with Crippen LogP contribution in [0.3, 0.4) is 0 Å². The Kier molecular flexibility index (Phi) is 5.10. The maximum Gasteiger partial charge on any atom is 0.140 e. The normalized spacial score (nSPS) is 11.0. The highest BCUT2D eigenvalue weighted by Gasteiger charge is 2.18. The van der Waals surface area contributed by atoms with Crippen LogP contribution in [-0.2, 0) is 6.61 Å². The van der Waals surface area contributed by atoms with Crippen LogP contribution in [0.5, 0.6) is 0 Å². The molecule has 0 spiro atoms. The van der Waals surface area contributed by atoms with Crippen LogP contribution < -0.4 is 4.84 Å². The number of hydrogen-bond donors (Lipinski definition) is 0. The maximum atomic E-state index is 6.19. The van der Waals surface area contributed by atoms with Gasteiger partial charge >= 0.3 is 0 Å². The van der Waals surface area contributed by atoms with Gasteiger partial charge in [-0.2, -0.15) is 4.73 Å². The first kappa shape index (κ1) is 16.8. The quantitative estimate of drug-likeness (QED) is 0.528. The van der Waals surface area contributed by atoms with E-state index in [0.717, 1.165) is 27.0 Å². The highest BCUT2D eigenvalue weighted by molar-refractivity contribution is 9.10. The van der Waals surface area contributed by atoms with Gasteiger partial charge in [-0.15, -0.1) is 0 Å². The van der Waals surface area contributed by atoms with Crippen molar-refractivity contribution in [3.63, 3.8) is 0 Å². The molecule has 0 aliphatic rings. The summed E-state index contributed by atoms with van der Waals surface area (Å²) in [5.74, 6) is 0.452. The fourth-order valence-electron chi connectivity index (χ4n) is 2.93. The predicted molar refractivity (Wildman–Crippen MR) is 103 cm³/mol. The van der Waals surface area contributed by atoms with Gasteiger partial charge < -0.3 is 4.84 Å². The number of benzene rings is 2. The third-order valence-corrected chi connectivity index (χ3v) is 4.90. The van der Waals surface area contributed by atoms with Crippen LogP contribution in [0.25, 0.3) is 11.3 Å². The Bertz CT molecular complexity index is 821. The monoisotopic (exact) mass is 383 g/mol. The molecule has 124 valence electrons. The number of rotatable bonds is 5. The summed E-state index contributed by atoms with van der Waals surface area (Å²) in [4.78, 5) is 6.19. The summed E-state index contributed by atoms with van der Waals surface area (Å²) in [5.41, 5.74) is 5.86. The topological polar surface area (TPSA) is 14.2 Å². The molecule has 0 N–H and O–H groups in total. The molecule has 1 aromatic heterocycles. The van der Waals surface area contributed by atoms with Gasteiger partial charge in [-0.05, 0) is 36.1 Å². The SMILES string of the molecule is Cc1c(C(C)C)cc(-c2ccccc2Br)n1OCc1ccccc1. The Balaban J connectivity index is 2.01. The molecule has 0 atom stereocenters. The molecule has 0 aliphatic carbocycles. The fourth-order valence-corrected chi connectivity index (χ4v) is 3.42. The van der Waals surface area contributed by atoms with Crippen LogP contribution in [0.2, 0.25) is 0 Å². The highest BCUT2D eigenvalue weighted by atomic mass is 79.9. The highest BCUT2D eigenvalue weighted by Crippen LogP contribution is 2.33. The van der Waals surface area contributed by atoms with Crippen LogP contribution in [0, 0.1) is 6.92 Å². The van der Waals surface area contributed by atoms with E-state index in [1.165, 1.54) is 5.56 Å². The van der Waals surface area contributed by atoms with E-state index >= 15 is 0 Å². The van der Waals surface area contributed by atoms with Crippen molar-refractivity contribution in [1.29, 1.82) is 0 Å². The van der Waals surface area contributed by atoms with Gasteiger partial charge in [0.25, 0.3) is 0 Å². The van der Waals surface area contributed by atoms with Gasteiger partial charge in [-0.3, -0.25) is 0 Å². The molecular weight excluding hydrogens is 362 g/mol. The molecule has 0 amide bonds. The van der Waals surface area contributed by atoms with Crippen LogP contribution in [0.1, 0.15) is 36.6 Å². The molecule has 0 fully saturated rings. The molecule has 0 bridgehead atoms. The molecule has 24 heavy (non-hydrogen) atoms. The minimum Gasteiger partial charge on any atom is -0.409 e. The summed E-state index contributed by atoms with van der Waals surface area (Å²) in [6.07, 6.45) is 0. The van der Waals surface area contributed by atoms with Crippen LogP contribution in [-0.4, -0.2) is 4.73 Å². The molecule has 3 heteroatoms. The second kappa shape index (κ2) is 7.27. The molecule has 2 aromatic carbocycles. The Labute approximate surface area is 152 Å². The molecule has 0 saturated heterocycles. The third-order valence-electron chi connectivity index (χ3n) is 4.21. The lowest BCUT2D eigenvalue weighted by atomic mass is 10.0. The van der Waals surface area contributed by atoms with Crippen molar-refractivity contribution in [3.8, 4) is 11.3 Å². The lowest BCUT2D eigenvalue weighted by molar-refractivity contribution is 0.0968. The van der Waals surface area contributed by atoms with E-state index in [0.29, 0.717) is 12.5 Å². The van der Waals surface area contributed by atoms with Gasteiger partial charge in [0.1, 0.15) is 6.61 Å². The largest absolute Gasteiger partial charge is 0.409 e. The summed E-state index contributed by atoms with van der Waals surface area (Å²) in [7, 11) is 0. The van der Waals surface area contributed by atoms with Gasteiger partial charge in [-0.25, -0.2) is 0 Å². The first-order chi connectivity index (χ1) is 11.6. The molecule has 0 radical (unpaired) electrons. The van der Waals surface area contributed by atoms with E-state index in [-0.39, 0.29) is 0 Å². The first-order valence-electron chi connectivity index (χ1n) is 8.22. The third kappa shape index (κ3) is 3.41. The molecule has 0 unspecified atom stereocenters. The zero-order valence-corrected chi connectivity index (χ0v) is 15.9. The van der Waals surface area contributed by atoms with Crippen LogP contribution in [0.4, 0.5) is 0 Å². The van der Waals surface area contributed by atoms with Crippen molar-refractivity contribution >= 4 is 15.9 Å². The van der Waals surface area contributed by atoms with E-state index in [9.17, 15) is 0 Å². The summed E-state index contributed by atoms with van der Waals surface area (Å²) in [6, 6.07) is 20.8. The lowest BCUT2D eigenvalue weighted by Gasteiger charge is -2.15. The predicted octanol–water partition coefficient (Wildman–Crippen LogP) is 5.98. The second-order valence-corrected chi connectivity index (χ2v) is 7.11. The molecule has 2 nitrogen and oxygen atoms in total. The van der Waals surface area contributed by atoms with Crippen LogP contribution in [0.15, 0.2) is 65.1 Å². The Morgan fingerprint density at radius 1 is 1.00 bits per heavy atom. The van der Waals surface area contributed by atoms with Crippen molar-refractivity contribution in [1.82, 2.24) is 4.73 Å². The molecule has 1 heterocycles. The standard InChI is InChI=1S/C21H22BrNO/c1-15(2)19-13-21(18-11-7-8-12-20(18)22)23(16(19)3)24-14-17-9-5-4-6-10-17/h4-13,15H,14H2,1-3H3. The zero-order valence-electron chi connectivity index (χ0n) is 14.3. The Morgan fingerprint density at radius 2 is 1.67 bits per heavy atom. The molecule has 3 rings (SSSR count). The maximum absolute atomic E-state index is 6.19. The van der Waals surface area contributed by atoms with Gasteiger partial charge in [-0.1, -0.05) is 78.3 Å². The molecule has 0 saturated carbocycles. The fraction of sp³-hybridized carbons (Fsp3) is 0.238. The van der Waals surface area contributed by atoms with E-state index in [1.807, 2.05) is 29.0 Å². The van der Waals surface area contributed by atoms with Gasteiger partial charge in [0.2, 0.25) is 0 Å². The van der Waals surface area contributed by atoms with Crippen molar-refractivity contribution < 1.29 is 4.84 Å². The van der Waals surface area contributed by atoms with Crippen LogP contribution >= 0.6 is 15.9 Å². The summed E-state index contributed by atoms with van der Waals surface area (Å²) in [6.45, 7) is 7.10. The molecule has 3 aromatic rings. The zero-order chi connectivity index (χ0) is 17.1. The van der Waals surface area contributed by atoms with Crippen molar-refractivity contribution in [2.45, 2.75) is 33.3 Å². The van der Waals surface area contributed by atoms with E-state index < -0.39 is 0 Å². The number of aromatic nitrogens is 1. The minimum atomic E-state index is 0.452. The summed E-state index contributed by atoms with van der Waals surface area (Å²) < 4.78 is 3.05. The van der Waals surface area contributed by atoms with E-state index in [4.69, 9.17) is 4.84 Å². The second-order valence-electron chi connectivity index (χ2n) is 6.26. The minimum absolute atomic E-state index is 0.452. The van der Waals surface area contributed by atoms with Gasteiger partial charge in [0.15, 0.2) is 0 Å². The molecular formula is C21H22BrNO. The van der Waals surface area contributed by atoms with Crippen molar-refractivity contribution in [2.75, 3.05) is 0 Å². The molecule has 0 aliphatic heterocycles. The summed E-state index contributed by atoms with van der Waals surface area (Å²) in [5, 5.41) is 0. The van der Waals surface area contributed by atoms with Crippen molar-refractivity contribution in [2.24, 2.45) is 0 Å². The Morgan fingerprint density at radius 3 is 2.33 bits per heavy atom. The smallest absolute Gasteiger partial charge is 0.140 e. The number of halogens is 1. The van der Waals surface area contributed by atoms with Gasteiger partial charge in [0.05, 0.1) is 11.4 Å². The lowest BCUT2D eigenvalue weighted by Crippen LogP contribution is -2.14. The Hall–Kier alpha value is -2.00. The summed E-state index contributed by atoms with van der Waals surface area (Å²) >= 11 is 3.67. The number of nitrogens with zero attached hydrogens (tertiary/aromatic N) is 1.